The summed E-state index contributed by atoms with van der Waals surface area (Å²) in [6.45, 7) is 2.62. The Hall–Kier alpha value is -4.98. The molecule has 0 fully saturated rings. The Morgan fingerprint density at radius 3 is 1.17 bits per heavy atom. The predicted octanol–water partition coefficient (Wildman–Crippen LogP) is 6.00. The van der Waals surface area contributed by atoms with Crippen LogP contribution in [0.3, 0.4) is 0 Å². The minimum absolute atomic E-state index is 0.236. The van der Waals surface area contributed by atoms with Gasteiger partial charge >= 0.3 is 0 Å². The third-order valence-corrected chi connectivity index (χ3v) is 8.19. The molecular weight excluding hydrogens is 650 g/mol. The Kier molecular flexibility index (Phi) is 10.6. The molecular formula is C36H32N2O8P2-2. The van der Waals surface area contributed by atoms with Crippen LogP contribution in [-0.2, 0) is 22.2 Å². The molecule has 12 heteroatoms. The second-order valence-electron chi connectivity index (χ2n) is 11.1. The first-order valence-electron chi connectivity index (χ1n) is 14.8. The van der Waals surface area contributed by atoms with Crippen LogP contribution in [0.25, 0.3) is 22.3 Å². The number of hydrogen-bond acceptors (Lipinski definition) is 8. The highest BCUT2D eigenvalue weighted by Gasteiger charge is 2.10. The molecule has 48 heavy (non-hydrogen) atoms. The third kappa shape index (κ3) is 10.0. The summed E-state index contributed by atoms with van der Waals surface area (Å²) in [4.78, 5) is 48.3. The first-order valence-corrected chi connectivity index (χ1v) is 18.8. The summed E-state index contributed by atoms with van der Waals surface area (Å²) in [6, 6.07) is 35.0. The van der Waals surface area contributed by atoms with Crippen molar-refractivity contribution in [2.24, 2.45) is 0 Å². The van der Waals surface area contributed by atoms with Crippen molar-refractivity contribution in [3.05, 3.63) is 144 Å². The molecule has 10 nitrogen and oxygen atoms in total. The van der Waals surface area contributed by atoms with Crippen LogP contribution in [-0.4, -0.2) is 25.1 Å². The molecule has 0 radical (unpaired) electrons. The summed E-state index contributed by atoms with van der Waals surface area (Å²) in [5, 5.41) is 5.84. The van der Waals surface area contributed by atoms with E-state index in [0.717, 1.165) is 46.7 Å². The molecule has 2 atom stereocenters. The number of hydrogen-bond donors (Lipinski definition) is 2. The lowest BCUT2D eigenvalue weighted by Gasteiger charge is -2.19. The lowest BCUT2D eigenvalue weighted by Crippen LogP contribution is -2.24. The van der Waals surface area contributed by atoms with E-state index in [1.165, 1.54) is 0 Å². The normalized spacial score (nSPS) is 13.4. The highest BCUT2D eigenvalue weighted by Crippen LogP contribution is 2.35. The maximum absolute atomic E-state index is 12.8. The van der Waals surface area contributed by atoms with Crippen molar-refractivity contribution >= 4 is 27.0 Å². The summed E-state index contributed by atoms with van der Waals surface area (Å²) in [5.74, 6) is -0.000495. The Labute approximate surface area is 278 Å². The van der Waals surface area contributed by atoms with Crippen LogP contribution in [0.5, 0.6) is 11.5 Å². The molecule has 0 saturated heterocycles. The fourth-order valence-electron chi connectivity index (χ4n) is 4.85. The van der Waals surface area contributed by atoms with Gasteiger partial charge in [-0.1, -0.05) is 72.8 Å². The maximum Gasteiger partial charge on any atom is 0.251 e. The largest absolute Gasteiger partial charge is 0.769 e. The fourth-order valence-corrected chi connectivity index (χ4v) is 5.86. The van der Waals surface area contributed by atoms with E-state index in [9.17, 15) is 28.5 Å². The quantitative estimate of drug-likeness (QED) is 0.152. The van der Waals surface area contributed by atoms with Crippen molar-refractivity contribution in [2.45, 2.75) is 13.1 Å². The zero-order chi connectivity index (χ0) is 34.3. The molecule has 0 aliphatic carbocycles. The van der Waals surface area contributed by atoms with Crippen molar-refractivity contribution in [1.82, 2.24) is 10.6 Å². The van der Waals surface area contributed by atoms with Gasteiger partial charge in [0.25, 0.3) is 11.8 Å². The van der Waals surface area contributed by atoms with Crippen molar-refractivity contribution in [3.63, 3.8) is 0 Å². The Morgan fingerprint density at radius 1 is 0.542 bits per heavy atom. The molecule has 0 aromatic heterocycles. The maximum atomic E-state index is 12.8. The van der Waals surface area contributed by atoms with Gasteiger partial charge < -0.3 is 29.5 Å². The molecule has 0 heterocycles. The molecule has 2 unspecified atom stereocenters. The van der Waals surface area contributed by atoms with Gasteiger partial charge in [0.05, 0.1) is 0 Å². The molecule has 5 aromatic carbocycles. The SMILES string of the molecule is CP(=O)([O-])Oc1ccc(-c2ccc(C(=O)NCc3cccc(CNC(=O)c4ccc(-c5ccc(OP(C)(=O)[O-])cc5)cc4)c3)cc2)cc1. The van der Waals surface area contributed by atoms with Gasteiger partial charge in [0.15, 0.2) is 15.2 Å². The van der Waals surface area contributed by atoms with Crippen molar-refractivity contribution in [2.75, 3.05) is 13.3 Å². The van der Waals surface area contributed by atoms with E-state index in [1.807, 2.05) is 48.5 Å². The number of amides is 2. The summed E-state index contributed by atoms with van der Waals surface area (Å²) in [5.41, 5.74) is 6.15. The second kappa shape index (κ2) is 14.8. The number of carbonyl (C=O) groups excluding carboxylic acids is 2. The summed E-state index contributed by atoms with van der Waals surface area (Å²) in [6.07, 6.45) is 0. The smallest absolute Gasteiger partial charge is 0.251 e. The topological polar surface area (TPSA) is 157 Å². The van der Waals surface area contributed by atoms with Crippen molar-refractivity contribution in [1.29, 1.82) is 0 Å². The van der Waals surface area contributed by atoms with Crippen LogP contribution in [0.15, 0.2) is 121 Å². The molecule has 0 spiro atoms. The summed E-state index contributed by atoms with van der Waals surface area (Å²) < 4.78 is 32.5. The van der Waals surface area contributed by atoms with Gasteiger partial charge in [-0.3, -0.25) is 18.7 Å². The fraction of sp³-hybridized carbons (Fsp3) is 0.111. The molecule has 2 N–H and O–H groups in total. The average molecular weight is 683 g/mol. The number of carbonyl (C=O) groups is 2. The number of rotatable bonds is 12. The van der Waals surface area contributed by atoms with E-state index in [4.69, 9.17) is 9.05 Å². The molecule has 5 rings (SSSR count). The average Bonchev–Trinajstić information content (AvgIpc) is 3.06. The van der Waals surface area contributed by atoms with E-state index >= 15 is 0 Å². The summed E-state index contributed by atoms with van der Waals surface area (Å²) >= 11 is 0. The minimum atomic E-state index is -3.88. The van der Waals surface area contributed by atoms with Gasteiger partial charge in [0.2, 0.25) is 0 Å². The van der Waals surface area contributed by atoms with Gasteiger partial charge in [0, 0.05) is 37.5 Å². The van der Waals surface area contributed by atoms with Gasteiger partial charge in [-0.2, -0.15) is 0 Å². The van der Waals surface area contributed by atoms with E-state index < -0.39 is 15.2 Å². The van der Waals surface area contributed by atoms with Gasteiger partial charge in [0.1, 0.15) is 11.5 Å². The molecule has 2 amide bonds. The Bertz CT molecular complexity index is 1840. The number of benzene rings is 5. The Morgan fingerprint density at radius 2 is 0.854 bits per heavy atom. The zero-order valence-electron chi connectivity index (χ0n) is 26.1. The van der Waals surface area contributed by atoms with E-state index in [2.05, 4.69) is 10.6 Å². The van der Waals surface area contributed by atoms with Gasteiger partial charge in [-0.25, -0.2) is 0 Å². The molecule has 246 valence electrons. The monoisotopic (exact) mass is 682 g/mol. The standard InChI is InChI=1S/C36H34N2O8P2/c1-47(41,42)45-33-18-14-29(15-19-33)27-6-10-31(11-7-27)35(39)37-23-25-4-3-5-26(22-25)24-38-36(40)32-12-8-28(9-13-32)30-16-20-34(21-17-30)46-48(2,43)44/h3-22H,23-24H2,1-2H3,(H,37,39)(H,38,40)(H,41,42)(H,43,44)/p-2. The Balaban J connectivity index is 1.11. The van der Waals surface area contributed by atoms with Crippen LogP contribution in [0, 0.1) is 0 Å². The zero-order valence-corrected chi connectivity index (χ0v) is 27.9. The van der Waals surface area contributed by atoms with Gasteiger partial charge in [-0.05, 0) is 81.9 Å². The lowest BCUT2D eigenvalue weighted by atomic mass is 10.0. The second-order valence-corrected chi connectivity index (χ2v) is 14.6. The highest BCUT2D eigenvalue weighted by atomic mass is 31.2. The number of nitrogens with one attached hydrogen (secondary N) is 2. The van der Waals surface area contributed by atoms with E-state index in [1.54, 1.807) is 72.8 Å². The van der Waals surface area contributed by atoms with Crippen LogP contribution in [0.2, 0.25) is 0 Å². The lowest BCUT2D eigenvalue weighted by molar-refractivity contribution is -0.190. The van der Waals surface area contributed by atoms with E-state index in [-0.39, 0.29) is 23.3 Å². The van der Waals surface area contributed by atoms with E-state index in [0.29, 0.717) is 24.2 Å². The first-order chi connectivity index (χ1) is 22.8. The van der Waals surface area contributed by atoms with Crippen LogP contribution >= 0.6 is 15.2 Å². The minimum Gasteiger partial charge on any atom is -0.769 e. The molecule has 0 aliphatic rings. The van der Waals surface area contributed by atoms with Crippen LogP contribution < -0.4 is 29.5 Å². The third-order valence-electron chi connectivity index (χ3n) is 7.11. The molecule has 5 aromatic rings. The van der Waals surface area contributed by atoms with Crippen LogP contribution in [0.4, 0.5) is 0 Å². The predicted molar refractivity (Wildman–Crippen MR) is 181 cm³/mol. The van der Waals surface area contributed by atoms with Crippen LogP contribution in [0.1, 0.15) is 31.8 Å². The van der Waals surface area contributed by atoms with Crippen molar-refractivity contribution < 1.29 is 37.6 Å². The van der Waals surface area contributed by atoms with Gasteiger partial charge in [-0.15, -0.1) is 0 Å². The molecule has 0 bridgehead atoms. The summed E-state index contributed by atoms with van der Waals surface area (Å²) in [7, 11) is -7.77. The highest BCUT2D eigenvalue weighted by molar-refractivity contribution is 7.51. The first kappa shape index (κ1) is 34.4. The molecule has 0 aliphatic heterocycles. The van der Waals surface area contributed by atoms with Crippen molar-refractivity contribution in [3.8, 4) is 33.8 Å². The molecule has 0 saturated carbocycles.